The average Bonchev–Trinajstić information content (AvgIpc) is 3.25. The molecular formula is C28H32ClF2N5O3. The predicted molar refractivity (Wildman–Crippen MR) is 147 cm³/mol. The fourth-order valence-electron chi connectivity index (χ4n) is 4.08. The van der Waals surface area contributed by atoms with E-state index in [1.807, 2.05) is 18.7 Å². The first-order valence-corrected chi connectivity index (χ1v) is 12.9. The van der Waals surface area contributed by atoms with Crippen LogP contribution in [-0.4, -0.2) is 59.0 Å². The van der Waals surface area contributed by atoms with Crippen molar-refractivity contribution in [3.8, 4) is 5.69 Å². The van der Waals surface area contributed by atoms with Crippen molar-refractivity contribution in [3.63, 3.8) is 0 Å². The van der Waals surface area contributed by atoms with Crippen LogP contribution in [0.4, 0.5) is 8.78 Å². The summed E-state index contributed by atoms with van der Waals surface area (Å²) in [5, 5.41) is 11.2. The van der Waals surface area contributed by atoms with Gasteiger partial charge in [0.1, 0.15) is 28.8 Å². The molecule has 1 unspecified atom stereocenters. The Balaban J connectivity index is 0.000000353. The van der Waals surface area contributed by atoms with Gasteiger partial charge >= 0.3 is 0 Å². The van der Waals surface area contributed by atoms with Crippen LogP contribution < -0.4 is 10.9 Å². The van der Waals surface area contributed by atoms with E-state index in [9.17, 15) is 18.4 Å². The second kappa shape index (κ2) is 13.4. The number of methoxy groups -OCH3 is 1. The Morgan fingerprint density at radius 3 is 2.64 bits per heavy atom. The van der Waals surface area contributed by atoms with Crippen molar-refractivity contribution < 1.29 is 18.3 Å². The molecule has 2 aromatic carbocycles. The highest BCUT2D eigenvalue weighted by molar-refractivity contribution is 6.31. The summed E-state index contributed by atoms with van der Waals surface area (Å²) < 4.78 is 31.3. The Morgan fingerprint density at radius 1 is 1.23 bits per heavy atom. The molecule has 0 saturated carbocycles. The third-order valence-corrected chi connectivity index (χ3v) is 6.88. The average molecular weight is 560 g/mol. The number of amides is 1. The zero-order valence-corrected chi connectivity index (χ0v) is 23.1. The van der Waals surface area contributed by atoms with Gasteiger partial charge in [0.2, 0.25) is 0 Å². The van der Waals surface area contributed by atoms with E-state index in [-0.39, 0.29) is 22.5 Å². The monoisotopic (exact) mass is 559 g/mol. The third-order valence-electron chi connectivity index (χ3n) is 6.45. The Kier molecular flexibility index (Phi) is 10.3. The first-order valence-electron chi connectivity index (χ1n) is 12.5. The Bertz CT molecular complexity index is 1410. The Hall–Kier alpha value is -3.63. The largest absolute Gasteiger partial charge is 0.383 e. The van der Waals surface area contributed by atoms with Gasteiger partial charge in [-0.2, -0.15) is 0 Å². The summed E-state index contributed by atoms with van der Waals surface area (Å²) in [6.45, 7) is 7.20. The lowest BCUT2D eigenvalue weighted by Gasteiger charge is -2.19. The first kappa shape index (κ1) is 29.9. The second-order valence-electron chi connectivity index (χ2n) is 9.09. The minimum Gasteiger partial charge on any atom is -0.383 e. The maximum Gasteiger partial charge on any atom is 0.276 e. The van der Waals surface area contributed by atoms with Crippen molar-refractivity contribution >= 4 is 23.3 Å². The number of ether oxygens (including phenoxy) is 1. The number of likely N-dealkylation sites (tertiary alicyclic amines) is 1. The van der Waals surface area contributed by atoms with Crippen LogP contribution in [0.1, 0.15) is 40.5 Å². The van der Waals surface area contributed by atoms with Crippen molar-refractivity contribution in [2.24, 2.45) is 0 Å². The number of benzene rings is 2. The maximum atomic E-state index is 12.8. The normalized spacial score (nSPS) is 14.7. The molecule has 4 rings (SSSR count). The van der Waals surface area contributed by atoms with Crippen molar-refractivity contribution in [2.45, 2.75) is 39.7 Å². The number of carbonyl (C=O) groups excluding carboxylic acids is 1. The van der Waals surface area contributed by atoms with Gasteiger partial charge in [-0.05, 0) is 56.0 Å². The van der Waals surface area contributed by atoms with Crippen molar-refractivity contribution in [1.82, 2.24) is 19.8 Å². The van der Waals surface area contributed by atoms with E-state index in [2.05, 4.69) is 10.3 Å². The molecule has 1 amide bonds. The Morgan fingerprint density at radius 2 is 1.97 bits per heavy atom. The SMILES string of the molecule is CCc1ccc(F)cc1F.COCCN1CCC(NC(=O)c2ccc(C)c(-n3cnc(C)c(Cl)c3=O)c2)C1=N. The van der Waals surface area contributed by atoms with E-state index in [0.717, 1.165) is 11.6 Å². The van der Waals surface area contributed by atoms with Gasteiger partial charge in [0.25, 0.3) is 11.5 Å². The summed E-state index contributed by atoms with van der Waals surface area (Å²) in [5.41, 5.74) is 2.38. The predicted octanol–water partition coefficient (Wildman–Crippen LogP) is 4.46. The van der Waals surface area contributed by atoms with Gasteiger partial charge in [0, 0.05) is 31.8 Å². The minimum atomic E-state index is -0.519. The molecule has 1 fully saturated rings. The number of aromatic nitrogens is 2. The molecule has 1 saturated heterocycles. The summed E-state index contributed by atoms with van der Waals surface area (Å²) in [6, 6.07) is 8.40. The van der Waals surface area contributed by atoms with Crippen LogP contribution in [0.25, 0.3) is 5.69 Å². The lowest BCUT2D eigenvalue weighted by atomic mass is 10.1. The zero-order valence-electron chi connectivity index (χ0n) is 22.4. The quantitative estimate of drug-likeness (QED) is 0.445. The highest BCUT2D eigenvalue weighted by Crippen LogP contribution is 2.18. The molecule has 2 N–H and O–H groups in total. The van der Waals surface area contributed by atoms with E-state index < -0.39 is 11.6 Å². The van der Waals surface area contributed by atoms with E-state index in [4.69, 9.17) is 21.7 Å². The molecule has 0 radical (unpaired) electrons. The van der Waals surface area contributed by atoms with Crippen molar-refractivity contribution in [2.75, 3.05) is 26.8 Å². The lowest BCUT2D eigenvalue weighted by molar-refractivity contribution is 0.0947. The van der Waals surface area contributed by atoms with E-state index in [1.54, 1.807) is 32.2 Å². The third kappa shape index (κ3) is 7.27. The molecule has 3 aromatic rings. The molecule has 1 atom stereocenters. The highest BCUT2D eigenvalue weighted by atomic mass is 35.5. The van der Waals surface area contributed by atoms with Gasteiger partial charge in [-0.3, -0.25) is 19.6 Å². The molecule has 11 heteroatoms. The summed E-state index contributed by atoms with van der Waals surface area (Å²) in [6.07, 6.45) is 2.68. The summed E-state index contributed by atoms with van der Waals surface area (Å²) in [7, 11) is 1.62. The molecule has 0 bridgehead atoms. The molecule has 39 heavy (non-hydrogen) atoms. The van der Waals surface area contributed by atoms with Crippen LogP contribution in [0.5, 0.6) is 0 Å². The topological polar surface area (TPSA) is 100 Å². The standard InChI is InChI=1S/C20H24ClN5O3.C8H8F2/c1-12-4-5-14(10-16(12)26-11-23-13(2)17(21)20(26)28)19(27)24-15-6-7-25(18(15)22)8-9-29-3;1-2-6-3-4-7(9)5-8(6)10/h4-5,10-11,15,22H,6-9H2,1-3H3,(H,24,27);3-5H,2H2,1H3. The van der Waals surface area contributed by atoms with Crippen LogP contribution >= 0.6 is 11.6 Å². The maximum absolute atomic E-state index is 12.8. The smallest absolute Gasteiger partial charge is 0.276 e. The molecule has 1 aliphatic heterocycles. The first-order chi connectivity index (χ1) is 18.6. The molecule has 2 heterocycles. The molecular weight excluding hydrogens is 528 g/mol. The van der Waals surface area contributed by atoms with Crippen molar-refractivity contribution in [3.05, 3.63) is 92.1 Å². The van der Waals surface area contributed by atoms with Gasteiger partial charge in [0.05, 0.1) is 24.0 Å². The molecule has 1 aliphatic rings. The van der Waals surface area contributed by atoms with Gasteiger partial charge in [-0.1, -0.05) is 30.7 Å². The lowest BCUT2D eigenvalue weighted by Crippen LogP contribution is -2.41. The molecule has 208 valence electrons. The number of halogens is 3. The molecule has 1 aromatic heterocycles. The number of aryl methyl sites for hydroxylation is 3. The molecule has 0 aliphatic carbocycles. The van der Waals surface area contributed by atoms with Gasteiger partial charge in [-0.15, -0.1) is 0 Å². The highest BCUT2D eigenvalue weighted by Gasteiger charge is 2.29. The van der Waals surface area contributed by atoms with Gasteiger partial charge < -0.3 is 15.0 Å². The number of amidine groups is 1. The summed E-state index contributed by atoms with van der Waals surface area (Å²) in [5.74, 6) is -0.889. The number of rotatable bonds is 7. The minimum absolute atomic E-state index is 0.0531. The number of hydrogen-bond donors (Lipinski definition) is 2. The summed E-state index contributed by atoms with van der Waals surface area (Å²) in [4.78, 5) is 31.3. The summed E-state index contributed by atoms with van der Waals surface area (Å²) >= 11 is 6.05. The molecule has 0 spiro atoms. The van der Waals surface area contributed by atoms with Crippen LogP contribution in [0.15, 0.2) is 47.5 Å². The number of hydrogen-bond acceptors (Lipinski definition) is 5. The van der Waals surface area contributed by atoms with E-state index in [1.165, 1.54) is 23.0 Å². The van der Waals surface area contributed by atoms with Gasteiger partial charge in [0.15, 0.2) is 0 Å². The van der Waals surface area contributed by atoms with Crippen LogP contribution in [0.2, 0.25) is 5.02 Å². The van der Waals surface area contributed by atoms with Crippen LogP contribution in [-0.2, 0) is 11.2 Å². The second-order valence-corrected chi connectivity index (χ2v) is 9.47. The fourth-order valence-corrected chi connectivity index (χ4v) is 4.22. The zero-order chi connectivity index (χ0) is 28.7. The van der Waals surface area contributed by atoms with Crippen LogP contribution in [0, 0.1) is 30.9 Å². The van der Waals surface area contributed by atoms with E-state index >= 15 is 0 Å². The number of nitrogens with zero attached hydrogens (tertiary/aromatic N) is 3. The van der Waals surface area contributed by atoms with Crippen molar-refractivity contribution in [1.29, 1.82) is 5.41 Å². The number of nitrogens with one attached hydrogen (secondary N) is 2. The van der Waals surface area contributed by atoms with Gasteiger partial charge in [-0.25, -0.2) is 13.8 Å². The number of carbonyl (C=O) groups is 1. The Labute approximate surface area is 231 Å². The fraction of sp³-hybridized carbons (Fsp3) is 0.357. The van der Waals surface area contributed by atoms with E-state index in [0.29, 0.717) is 60.9 Å². The van der Waals surface area contributed by atoms with Crippen LogP contribution in [0.3, 0.4) is 0 Å². The molecule has 8 nitrogen and oxygen atoms in total.